The van der Waals surface area contributed by atoms with Gasteiger partial charge in [-0.15, -0.1) is 0 Å². The standard InChI is InChI=1S/C12H15N3/c1-8-5-6-10-14-11(9-3-2-4-9)12(13)15(10)7-8/h5-7,9H,2-4,13H2,1H3. The third-order valence-electron chi connectivity index (χ3n) is 3.32. The summed E-state index contributed by atoms with van der Waals surface area (Å²) < 4.78 is 2.00. The molecular weight excluding hydrogens is 186 g/mol. The number of hydrogen-bond donors (Lipinski definition) is 1. The van der Waals surface area contributed by atoms with Crippen molar-refractivity contribution in [3.05, 3.63) is 29.6 Å². The fourth-order valence-electron chi connectivity index (χ4n) is 2.17. The minimum Gasteiger partial charge on any atom is -0.383 e. The molecule has 2 heterocycles. The zero-order chi connectivity index (χ0) is 10.4. The summed E-state index contributed by atoms with van der Waals surface area (Å²) in [5, 5.41) is 0. The van der Waals surface area contributed by atoms with Crippen LogP contribution in [0.4, 0.5) is 5.82 Å². The second-order valence-electron chi connectivity index (χ2n) is 4.44. The monoisotopic (exact) mass is 201 g/mol. The Kier molecular flexibility index (Phi) is 1.75. The number of nitrogen functional groups attached to an aromatic ring is 1. The van der Waals surface area contributed by atoms with Crippen LogP contribution in [0.25, 0.3) is 5.65 Å². The minimum atomic E-state index is 0.602. The van der Waals surface area contributed by atoms with Crippen molar-refractivity contribution in [1.29, 1.82) is 0 Å². The van der Waals surface area contributed by atoms with Gasteiger partial charge in [-0.05, 0) is 31.4 Å². The molecule has 1 fully saturated rings. The first kappa shape index (κ1) is 8.77. The van der Waals surface area contributed by atoms with Gasteiger partial charge >= 0.3 is 0 Å². The maximum atomic E-state index is 6.12. The molecule has 0 spiro atoms. The number of hydrogen-bond acceptors (Lipinski definition) is 2. The van der Waals surface area contributed by atoms with Crippen LogP contribution < -0.4 is 5.73 Å². The number of fused-ring (bicyclic) bond motifs is 1. The van der Waals surface area contributed by atoms with E-state index in [1.54, 1.807) is 0 Å². The Balaban J connectivity index is 2.19. The first-order valence-corrected chi connectivity index (χ1v) is 5.50. The number of nitrogens with zero attached hydrogens (tertiary/aromatic N) is 2. The number of aromatic nitrogens is 2. The second kappa shape index (κ2) is 2.99. The van der Waals surface area contributed by atoms with Gasteiger partial charge in [-0.3, -0.25) is 4.40 Å². The van der Waals surface area contributed by atoms with Crippen LogP contribution in [0.15, 0.2) is 18.3 Å². The van der Waals surface area contributed by atoms with Crippen LogP contribution in [-0.4, -0.2) is 9.38 Å². The van der Waals surface area contributed by atoms with Crippen LogP contribution in [0.1, 0.15) is 36.4 Å². The predicted octanol–water partition coefficient (Wildman–Crippen LogP) is 2.49. The maximum absolute atomic E-state index is 6.12. The summed E-state index contributed by atoms with van der Waals surface area (Å²) in [7, 11) is 0. The smallest absolute Gasteiger partial charge is 0.138 e. The van der Waals surface area contributed by atoms with E-state index in [4.69, 9.17) is 5.73 Å². The van der Waals surface area contributed by atoms with Gasteiger partial charge in [-0.2, -0.15) is 0 Å². The van der Waals surface area contributed by atoms with Crippen molar-refractivity contribution in [2.45, 2.75) is 32.1 Å². The third kappa shape index (κ3) is 1.23. The number of pyridine rings is 1. The zero-order valence-electron chi connectivity index (χ0n) is 8.90. The molecule has 0 atom stereocenters. The molecule has 3 heteroatoms. The van der Waals surface area contributed by atoms with Crippen molar-refractivity contribution in [2.75, 3.05) is 5.73 Å². The molecule has 0 radical (unpaired) electrons. The zero-order valence-corrected chi connectivity index (χ0v) is 8.90. The van der Waals surface area contributed by atoms with E-state index >= 15 is 0 Å². The Morgan fingerprint density at radius 3 is 2.87 bits per heavy atom. The largest absolute Gasteiger partial charge is 0.383 e. The first-order valence-electron chi connectivity index (χ1n) is 5.50. The van der Waals surface area contributed by atoms with Crippen molar-refractivity contribution < 1.29 is 0 Å². The van der Waals surface area contributed by atoms with E-state index in [1.165, 1.54) is 24.8 Å². The molecule has 1 aliphatic carbocycles. The highest BCUT2D eigenvalue weighted by Crippen LogP contribution is 2.38. The van der Waals surface area contributed by atoms with Gasteiger partial charge in [-0.25, -0.2) is 4.98 Å². The fraction of sp³-hybridized carbons (Fsp3) is 0.417. The third-order valence-corrected chi connectivity index (χ3v) is 3.32. The number of anilines is 1. The van der Waals surface area contributed by atoms with Crippen LogP contribution in [0.3, 0.4) is 0 Å². The Hall–Kier alpha value is -1.51. The molecule has 3 rings (SSSR count). The lowest BCUT2D eigenvalue weighted by molar-refractivity contribution is 0.414. The van der Waals surface area contributed by atoms with E-state index in [0.29, 0.717) is 5.92 Å². The Labute approximate surface area is 88.9 Å². The summed E-state index contributed by atoms with van der Waals surface area (Å²) in [6.07, 6.45) is 5.86. The van der Waals surface area contributed by atoms with Gasteiger partial charge < -0.3 is 5.73 Å². The van der Waals surface area contributed by atoms with Gasteiger partial charge in [0.25, 0.3) is 0 Å². The van der Waals surface area contributed by atoms with Crippen molar-refractivity contribution in [1.82, 2.24) is 9.38 Å². The molecule has 0 saturated heterocycles. The topological polar surface area (TPSA) is 43.3 Å². The second-order valence-corrected chi connectivity index (χ2v) is 4.44. The van der Waals surface area contributed by atoms with Gasteiger partial charge in [0.15, 0.2) is 0 Å². The SMILES string of the molecule is Cc1ccc2nc(C3CCC3)c(N)n2c1. The summed E-state index contributed by atoms with van der Waals surface area (Å²) in [4.78, 5) is 4.61. The summed E-state index contributed by atoms with van der Waals surface area (Å²) in [5.74, 6) is 1.43. The van der Waals surface area contributed by atoms with Crippen molar-refractivity contribution >= 4 is 11.5 Å². The van der Waals surface area contributed by atoms with Crippen molar-refractivity contribution in [3.63, 3.8) is 0 Å². The van der Waals surface area contributed by atoms with Gasteiger partial charge in [-0.1, -0.05) is 12.5 Å². The quantitative estimate of drug-likeness (QED) is 0.770. The number of aryl methyl sites for hydroxylation is 1. The molecule has 2 aromatic rings. The molecule has 0 amide bonds. The summed E-state index contributed by atoms with van der Waals surface area (Å²) in [6.45, 7) is 2.07. The van der Waals surface area contributed by atoms with Gasteiger partial charge in [0.05, 0.1) is 5.69 Å². The molecule has 1 saturated carbocycles. The molecule has 78 valence electrons. The van der Waals surface area contributed by atoms with Crippen LogP contribution >= 0.6 is 0 Å². The summed E-state index contributed by atoms with van der Waals surface area (Å²) >= 11 is 0. The highest BCUT2D eigenvalue weighted by molar-refractivity contribution is 5.54. The molecule has 1 aliphatic rings. The number of rotatable bonds is 1. The average molecular weight is 201 g/mol. The fourth-order valence-corrected chi connectivity index (χ4v) is 2.17. The molecule has 2 N–H and O–H groups in total. The van der Waals surface area contributed by atoms with E-state index in [0.717, 1.165) is 17.2 Å². The minimum absolute atomic E-state index is 0.602. The van der Waals surface area contributed by atoms with E-state index in [-0.39, 0.29) is 0 Å². The van der Waals surface area contributed by atoms with E-state index < -0.39 is 0 Å². The summed E-state index contributed by atoms with van der Waals surface area (Å²) in [6, 6.07) is 4.11. The van der Waals surface area contributed by atoms with Crippen LogP contribution in [0.2, 0.25) is 0 Å². The van der Waals surface area contributed by atoms with E-state index in [9.17, 15) is 0 Å². The normalized spacial score (nSPS) is 16.9. The lowest BCUT2D eigenvalue weighted by Gasteiger charge is -2.23. The van der Waals surface area contributed by atoms with Crippen LogP contribution in [0, 0.1) is 6.92 Å². The maximum Gasteiger partial charge on any atom is 0.138 e. The molecule has 2 aromatic heterocycles. The Morgan fingerprint density at radius 2 is 2.20 bits per heavy atom. The Morgan fingerprint density at radius 1 is 1.40 bits per heavy atom. The van der Waals surface area contributed by atoms with Crippen molar-refractivity contribution in [3.8, 4) is 0 Å². The lowest BCUT2D eigenvalue weighted by atomic mass is 9.83. The van der Waals surface area contributed by atoms with E-state index in [1.807, 2.05) is 10.5 Å². The Bertz CT molecular complexity index is 509. The molecule has 0 aliphatic heterocycles. The van der Waals surface area contributed by atoms with Crippen LogP contribution in [-0.2, 0) is 0 Å². The molecule has 0 aromatic carbocycles. The first-order chi connectivity index (χ1) is 7.25. The molecule has 0 bridgehead atoms. The average Bonchev–Trinajstić information content (AvgIpc) is 2.43. The van der Waals surface area contributed by atoms with Crippen molar-refractivity contribution in [2.24, 2.45) is 0 Å². The highest BCUT2D eigenvalue weighted by atomic mass is 15.1. The van der Waals surface area contributed by atoms with Gasteiger partial charge in [0.1, 0.15) is 11.5 Å². The van der Waals surface area contributed by atoms with Gasteiger partial charge in [0.2, 0.25) is 0 Å². The van der Waals surface area contributed by atoms with E-state index in [2.05, 4.69) is 24.2 Å². The summed E-state index contributed by atoms with van der Waals surface area (Å²) in [5.41, 5.74) is 9.41. The number of nitrogens with two attached hydrogens (primary N) is 1. The molecule has 15 heavy (non-hydrogen) atoms. The van der Waals surface area contributed by atoms with Gasteiger partial charge in [0, 0.05) is 12.1 Å². The molecular formula is C12H15N3. The molecule has 0 unspecified atom stereocenters. The molecule has 3 nitrogen and oxygen atoms in total. The number of imidazole rings is 1. The lowest BCUT2D eigenvalue weighted by Crippen LogP contribution is -2.11. The highest BCUT2D eigenvalue weighted by Gasteiger charge is 2.25. The van der Waals surface area contributed by atoms with Crippen LogP contribution in [0.5, 0.6) is 0 Å². The predicted molar refractivity (Wildman–Crippen MR) is 60.9 cm³/mol.